The highest BCUT2D eigenvalue weighted by Crippen LogP contribution is 2.26. The Bertz CT molecular complexity index is 1510. The molecule has 0 bridgehead atoms. The third-order valence-corrected chi connectivity index (χ3v) is 7.15. The van der Waals surface area contributed by atoms with E-state index in [1.165, 1.54) is 12.4 Å². The lowest BCUT2D eigenvalue weighted by molar-refractivity contribution is -0.132. The van der Waals surface area contributed by atoms with Gasteiger partial charge >= 0.3 is 0 Å². The van der Waals surface area contributed by atoms with Crippen molar-refractivity contribution in [3.8, 4) is 17.7 Å². The third-order valence-electron chi connectivity index (χ3n) is 7.15. The fourth-order valence-electron chi connectivity index (χ4n) is 4.95. The molecule has 0 aliphatic carbocycles. The van der Waals surface area contributed by atoms with Crippen LogP contribution in [-0.2, 0) is 14.4 Å². The van der Waals surface area contributed by atoms with Crippen LogP contribution in [0.15, 0.2) is 36.7 Å². The van der Waals surface area contributed by atoms with Crippen molar-refractivity contribution in [2.75, 3.05) is 20.3 Å². The lowest BCUT2D eigenvalue weighted by atomic mass is 9.90. The van der Waals surface area contributed by atoms with Crippen LogP contribution in [0.1, 0.15) is 55.7 Å². The number of nitriles is 1. The number of H-pyrrole nitrogens is 1. The molecule has 3 atom stereocenters. The van der Waals surface area contributed by atoms with Gasteiger partial charge in [0, 0.05) is 23.4 Å². The van der Waals surface area contributed by atoms with E-state index in [9.17, 15) is 19.2 Å². The number of hydrogen-bond acceptors (Lipinski definition) is 9. The molecule has 0 saturated carbocycles. The number of methoxy groups -OCH3 is 1. The molecule has 4 rings (SSSR count). The largest absolute Gasteiger partial charge is 0.496 e. The van der Waals surface area contributed by atoms with Gasteiger partial charge in [0.15, 0.2) is 18.1 Å². The standard InChI is InChI=1S/C30H35N7O6/c1-17(2)10-23(37-30(41)24-12-20-21(35-24)7-4-8-26(20)42-3)29(40)36-22(11-18-6-5-9-32-28(18)39)25(38)16-43-27-15-33-19(13-31)14-34-27/h4,7-8,12,14-15,17-18,22-23,35H,5-6,9-11,16H2,1-3H3,(H,32,39)(H,36,40)(H,37,41)/t18-,22-,23-/m0/s1. The number of ketones is 1. The number of nitrogens with one attached hydrogen (secondary N) is 4. The minimum Gasteiger partial charge on any atom is -0.496 e. The fourth-order valence-corrected chi connectivity index (χ4v) is 4.95. The summed E-state index contributed by atoms with van der Waals surface area (Å²) in [5.74, 6) is -1.50. The van der Waals surface area contributed by atoms with Gasteiger partial charge in [0.25, 0.3) is 5.91 Å². The number of aromatic amines is 1. The molecule has 3 heterocycles. The molecule has 2 aromatic heterocycles. The Morgan fingerprint density at radius 1 is 1.16 bits per heavy atom. The zero-order valence-electron chi connectivity index (χ0n) is 24.3. The normalized spacial score (nSPS) is 16.1. The summed E-state index contributed by atoms with van der Waals surface area (Å²) in [4.78, 5) is 63.6. The second kappa shape index (κ2) is 14.3. The van der Waals surface area contributed by atoms with E-state index in [4.69, 9.17) is 14.7 Å². The molecule has 3 aromatic rings. The molecule has 4 N–H and O–H groups in total. The van der Waals surface area contributed by atoms with Gasteiger partial charge in [0.2, 0.25) is 17.7 Å². The van der Waals surface area contributed by atoms with Gasteiger partial charge < -0.3 is 30.4 Å². The lowest BCUT2D eigenvalue weighted by Crippen LogP contribution is -2.54. The Labute approximate surface area is 248 Å². The van der Waals surface area contributed by atoms with Gasteiger partial charge in [-0.3, -0.25) is 19.2 Å². The molecule has 0 radical (unpaired) electrons. The lowest BCUT2D eigenvalue weighted by Gasteiger charge is -2.28. The van der Waals surface area contributed by atoms with E-state index in [1.54, 1.807) is 25.3 Å². The van der Waals surface area contributed by atoms with Crippen molar-refractivity contribution in [3.05, 3.63) is 48.0 Å². The van der Waals surface area contributed by atoms with Gasteiger partial charge in [-0.15, -0.1) is 0 Å². The van der Waals surface area contributed by atoms with Crippen molar-refractivity contribution in [1.82, 2.24) is 30.9 Å². The minimum atomic E-state index is -1.06. The summed E-state index contributed by atoms with van der Waals surface area (Å²) in [6.45, 7) is 3.95. The number of aromatic nitrogens is 3. The van der Waals surface area contributed by atoms with Gasteiger partial charge in [-0.2, -0.15) is 5.26 Å². The molecule has 1 aliphatic rings. The molecule has 1 fully saturated rings. The van der Waals surface area contributed by atoms with Gasteiger partial charge in [0.1, 0.15) is 23.6 Å². The first-order valence-corrected chi connectivity index (χ1v) is 14.1. The number of rotatable bonds is 13. The number of amides is 3. The van der Waals surface area contributed by atoms with E-state index in [2.05, 4.69) is 30.9 Å². The van der Waals surface area contributed by atoms with Crippen LogP contribution in [0.25, 0.3) is 10.9 Å². The summed E-state index contributed by atoms with van der Waals surface area (Å²) < 4.78 is 10.9. The molecule has 1 aliphatic heterocycles. The molecule has 1 aromatic carbocycles. The number of piperidine rings is 1. The highest BCUT2D eigenvalue weighted by molar-refractivity contribution is 6.02. The predicted molar refractivity (Wildman–Crippen MR) is 155 cm³/mol. The Morgan fingerprint density at radius 3 is 2.65 bits per heavy atom. The van der Waals surface area contributed by atoms with E-state index in [-0.39, 0.29) is 35.5 Å². The number of benzene rings is 1. The van der Waals surface area contributed by atoms with E-state index in [0.29, 0.717) is 30.7 Å². The minimum absolute atomic E-state index is 0.0350. The SMILES string of the molecule is COc1cccc2[nH]c(C(=O)N[C@@H](CC(C)C)C(=O)N[C@@H](C[C@@H]3CCCNC3=O)C(=O)COc3cnc(C#N)cn3)cc12. The Hall–Kier alpha value is -4.99. The molecular weight excluding hydrogens is 554 g/mol. The van der Waals surface area contributed by atoms with E-state index in [0.717, 1.165) is 11.8 Å². The van der Waals surface area contributed by atoms with Crippen LogP contribution in [0.2, 0.25) is 0 Å². The van der Waals surface area contributed by atoms with Crippen LogP contribution in [-0.4, -0.2) is 70.8 Å². The summed E-state index contributed by atoms with van der Waals surface area (Å²) >= 11 is 0. The molecule has 3 amide bonds. The van der Waals surface area contributed by atoms with Crippen molar-refractivity contribution in [1.29, 1.82) is 5.26 Å². The number of ether oxygens (including phenoxy) is 2. The number of fused-ring (bicyclic) bond motifs is 1. The highest BCUT2D eigenvalue weighted by atomic mass is 16.5. The van der Waals surface area contributed by atoms with Gasteiger partial charge in [0.05, 0.1) is 25.5 Å². The van der Waals surface area contributed by atoms with E-state index >= 15 is 0 Å². The summed E-state index contributed by atoms with van der Waals surface area (Å²) in [5.41, 5.74) is 1.05. The monoisotopic (exact) mass is 589 g/mol. The number of carbonyl (C=O) groups excluding carboxylic acids is 4. The van der Waals surface area contributed by atoms with Crippen LogP contribution >= 0.6 is 0 Å². The Morgan fingerprint density at radius 2 is 1.98 bits per heavy atom. The fraction of sp³-hybridized carbons (Fsp3) is 0.433. The summed E-state index contributed by atoms with van der Waals surface area (Å²) in [7, 11) is 1.54. The zero-order chi connectivity index (χ0) is 30.9. The highest BCUT2D eigenvalue weighted by Gasteiger charge is 2.33. The van der Waals surface area contributed by atoms with E-state index in [1.807, 2.05) is 26.0 Å². The van der Waals surface area contributed by atoms with Crippen LogP contribution < -0.4 is 25.4 Å². The summed E-state index contributed by atoms with van der Waals surface area (Å²) in [6.07, 6.45) is 4.15. The number of nitrogens with zero attached hydrogens (tertiary/aromatic N) is 3. The maximum atomic E-state index is 13.6. The van der Waals surface area contributed by atoms with Crippen LogP contribution in [0.3, 0.4) is 0 Å². The van der Waals surface area contributed by atoms with E-state index < -0.39 is 42.2 Å². The molecule has 1 saturated heterocycles. The second-order valence-corrected chi connectivity index (χ2v) is 10.8. The molecule has 0 spiro atoms. The Balaban J connectivity index is 1.50. The molecular formula is C30H35N7O6. The zero-order valence-corrected chi connectivity index (χ0v) is 24.3. The topological polar surface area (TPSA) is 188 Å². The summed E-state index contributed by atoms with van der Waals surface area (Å²) in [6, 6.07) is 6.89. The van der Waals surface area contributed by atoms with Crippen LogP contribution in [0.4, 0.5) is 0 Å². The molecule has 43 heavy (non-hydrogen) atoms. The van der Waals surface area contributed by atoms with Crippen molar-refractivity contribution < 1.29 is 28.7 Å². The average molecular weight is 590 g/mol. The predicted octanol–water partition coefficient (Wildman–Crippen LogP) is 2.03. The van der Waals surface area contributed by atoms with Crippen molar-refractivity contribution in [3.63, 3.8) is 0 Å². The molecule has 13 heteroatoms. The molecule has 0 unspecified atom stereocenters. The first kappa shape index (κ1) is 31.0. The molecule has 13 nitrogen and oxygen atoms in total. The molecule has 226 valence electrons. The maximum Gasteiger partial charge on any atom is 0.268 e. The van der Waals surface area contributed by atoms with Crippen molar-refractivity contribution in [2.24, 2.45) is 11.8 Å². The number of hydrogen-bond donors (Lipinski definition) is 4. The van der Waals surface area contributed by atoms with Crippen LogP contribution in [0.5, 0.6) is 11.6 Å². The maximum absolute atomic E-state index is 13.6. The quantitative estimate of drug-likeness (QED) is 0.231. The third kappa shape index (κ3) is 8.06. The summed E-state index contributed by atoms with van der Waals surface area (Å²) in [5, 5.41) is 18.0. The van der Waals surface area contributed by atoms with Crippen LogP contribution in [0, 0.1) is 23.2 Å². The van der Waals surface area contributed by atoms with Crippen molar-refractivity contribution in [2.45, 2.75) is 51.6 Å². The van der Waals surface area contributed by atoms with Gasteiger partial charge in [-0.05, 0) is 49.8 Å². The number of carbonyl (C=O) groups is 4. The first-order chi connectivity index (χ1) is 20.7. The van der Waals surface area contributed by atoms with Gasteiger partial charge in [-0.25, -0.2) is 9.97 Å². The second-order valence-electron chi connectivity index (χ2n) is 10.8. The average Bonchev–Trinajstić information content (AvgIpc) is 3.45. The first-order valence-electron chi connectivity index (χ1n) is 14.1. The Kier molecular flexibility index (Phi) is 10.3. The van der Waals surface area contributed by atoms with Crippen molar-refractivity contribution >= 4 is 34.4 Å². The smallest absolute Gasteiger partial charge is 0.268 e. The van der Waals surface area contributed by atoms with Gasteiger partial charge in [-0.1, -0.05) is 19.9 Å². The number of Topliss-reactive ketones (excluding diaryl/α,β-unsaturated/α-hetero) is 1.